The lowest BCUT2D eigenvalue weighted by atomic mass is 10.1. The molecule has 0 aliphatic heterocycles. The largest absolute Gasteiger partial charge is 0.433 e. The molecule has 0 saturated carbocycles. The summed E-state index contributed by atoms with van der Waals surface area (Å²) in [5.74, 6) is 0. The molecule has 16 heavy (non-hydrogen) atoms. The molecule has 1 aromatic carbocycles. The SMILES string of the molecule is Nc1cccc2c(Cl)cc(C(F)(F)F)nc12. The van der Waals surface area contributed by atoms with Crippen molar-refractivity contribution < 1.29 is 13.2 Å². The first-order valence-electron chi connectivity index (χ1n) is 4.31. The first-order valence-corrected chi connectivity index (χ1v) is 4.69. The second kappa shape index (κ2) is 3.52. The van der Waals surface area contributed by atoms with Gasteiger partial charge in [-0.2, -0.15) is 13.2 Å². The fraction of sp³-hybridized carbons (Fsp3) is 0.100. The molecular weight excluding hydrogens is 241 g/mol. The van der Waals surface area contributed by atoms with E-state index in [2.05, 4.69) is 4.98 Å². The highest BCUT2D eigenvalue weighted by Crippen LogP contribution is 2.34. The Labute approximate surface area is 93.8 Å². The van der Waals surface area contributed by atoms with Gasteiger partial charge in [0.15, 0.2) is 0 Å². The Morgan fingerprint density at radius 3 is 2.56 bits per heavy atom. The molecule has 0 amide bonds. The number of para-hydroxylation sites is 1. The Hall–Kier alpha value is -1.49. The van der Waals surface area contributed by atoms with Crippen LogP contribution in [0.1, 0.15) is 5.69 Å². The topological polar surface area (TPSA) is 38.9 Å². The van der Waals surface area contributed by atoms with Crippen LogP contribution in [0.3, 0.4) is 0 Å². The van der Waals surface area contributed by atoms with Crippen LogP contribution >= 0.6 is 11.6 Å². The summed E-state index contributed by atoms with van der Waals surface area (Å²) < 4.78 is 37.4. The van der Waals surface area contributed by atoms with Crippen molar-refractivity contribution in [1.82, 2.24) is 4.98 Å². The van der Waals surface area contributed by atoms with Crippen molar-refractivity contribution in [1.29, 1.82) is 0 Å². The molecule has 1 aromatic heterocycles. The van der Waals surface area contributed by atoms with Crippen molar-refractivity contribution in [3.8, 4) is 0 Å². The summed E-state index contributed by atoms with van der Waals surface area (Å²) in [6, 6.07) is 5.45. The van der Waals surface area contributed by atoms with Crippen molar-refractivity contribution >= 4 is 28.2 Å². The van der Waals surface area contributed by atoms with Gasteiger partial charge in [0, 0.05) is 5.39 Å². The molecule has 0 aliphatic carbocycles. The molecule has 0 atom stereocenters. The summed E-state index contributed by atoms with van der Waals surface area (Å²) in [5, 5.41) is 0.402. The summed E-state index contributed by atoms with van der Waals surface area (Å²) in [5.41, 5.74) is 4.75. The number of nitrogen functional groups attached to an aromatic ring is 1. The number of anilines is 1. The van der Waals surface area contributed by atoms with Crippen molar-refractivity contribution in [2.75, 3.05) is 5.73 Å². The van der Waals surface area contributed by atoms with Crippen LogP contribution in [-0.2, 0) is 6.18 Å². The van der Waals surface area contributed by atoms with E-state index in [4.69, 9.17) is 17.3 Å². The molecule has 84 valence electrons. The van der Waals surface area contributed by atoms with Crippen LogP contribution in [0.4, 0.5) is 18.9 Å². The van der Waals surface area contributed by atoms with E-state index in [-0.39, 0.29) is 16.2 Å². The number of aromatic nitrogens is 1. The number of halogens is 4. The lowest BCUT2D eigenvalue weighted by molar-refractivity contribution is -0.140. The van der Waals surface area contributed by atoms with Gasteiger partial charge in [-0.3, -0.25) is 0 Å². The van der Waals surface area contributed by atoms with Crippen molar-refractivity contribution in [3.63, 3.8) is 0 Å². The molecule has 0 unspecified atom stereocenters. The van der Waals surface area contributed by atoms with E-state index in [1.807, 2.05) is 0 Å². The molecule has 6 heteroatoms. The van der Waals surface area contributed by atoms with Gasteiger partial charge >= 0.3 is 6.18 Å². The minimum absolute atomic E-state index is 0.00961. The van der Waals surface area contributed by atoms with E-state index in [1.165, 1.54) is 6.07 Å². The third kappa shape index (κ3) is 1.78. The Balaban J connectivity index is 2.81. The summed E-state index contributed by atoms with van der Waals surface area (Å²) in [4.78, 5) is 3.47. The average Bonchev–Trinajstić information content (AvgIpc) is 2.18. The zero-order chi connectivity index (χ0) is 11.9. The average molecular weight is 247 g/mol. The Morgan fingerprint density at radius 2 is 1.94 bits per heavy atom. The van der Waals surface area contributed by atoms with Gasteiger partial charge in [0.2, 0.25) is 0 Å². The monoisotopic (exact) mass is 246 g/mol. The molecule has 1 heterocycles. The predicted octanol–water partition coefficient (Wildman–Crippen LogP) is 3.49. The zero-order valence-corrected chi connectivity index (χ0v) is 8.60. The van der Waals surface area contributed by atoms with Crippen molar-refractivity contribution in [2.45, 2.75) is 6.18 Å². The maximum Gasteiger partial charge on any atom is 0.433 e. The Kier molecular flexibility index (Phi) is 2.42. The number of pyridine rings is 1. The summed E-state index contributed by atoms with van der Waals surface area (Å²) in [6.45, 7) is 0. The third-order valence-corrected chi connectivity index (χ3v) is 2.42. The molecule has 0 aliphatic rings. The van der Waals surface area contributed by atoms with Crippen LogP contribution in [-0.4, -0.2) is 4.98 Å². The van der Waals surface area contributed by atoms with Crippen LogP contribution in [0.25, 0.3) is 10.9 Å². The quantitative estimate of drug-likeness (QED) is 0.723. The highest BCUT2D eigenvalue weighted by atomic mass is 35.5. The summed E-state index contributed by atoms with van der Waals surface area (Å²) >= 11 is 5.74. The van der Waals surface area contributed by atoms with Gasteiger partial charge in [-0.25, -0.2) is 4.98 Å². The number of fused-ring (bicyclic) bond motifs is 1. The maximum absolute atomic E-state index is 12.5. The number of nitrogens with zero attached hydrogens (tertiary/aromatic N) is 1. The molecule has 0 fully saturated rings. The van der Waals surface area contributed by atoms with E-state index in [0.717, 1.165) is 6.07 Å². The fourth-order valence-corrected chi connectivity index (χ4v) is 1.63. The molecule has 0 saturated heterocycles. The molecule has 2 aromatic rings. The van der Waals surface area contributed by atoms with Gasteiger partial charge in [0.05, 0.1) is 16.2 Å². The van der Waals surface area contributed by atoms with Crippen molar-refractivity contribution in [2.24, 2.45) is 0 Å². The number of hydrogen-bond acceptors (Lipinski definition) is 2. The van der Waals surface area contributed by atoms with Crippen LogP contribution in [0.5, 0.6) is 0 Å². The molecule has 2 N–H and O–H groups in total. The minimum Gasteiger partial charge on any atom is -0.397 e. The van der Waals surface area contributed by atoms with E-state index in [9.17, 15) is 13.2 Å². The van der Waals surface area contributed by atoms with Gasteiger partial charge in [0.1, 0.15) is 5.69 Å². The predicted molar refractivity (Wildman–Crippen MR) is 56.2 cm³/mol. The van der Waals surface area contributed by atoms with Gasteiger partial charge in [0.25, 0.3) is 0 Å². The van der Waals surface area contributed by atoms with Gasteiger partial charge in [-0.1, -0.05) is 23.7 Å². The molecule has 0 radical (unpaired) electrons. The number of alkyl halides is 3. The third-order valence-electron chi connectivity index (χ3n) is 2.11. The lowest BCUT2D eigenvalue weighted by Crippen LogP contribution is -2.08. The van der Waals surface area contributed by atoms with E-state index in [1.54, 1.807) is 12.1 Å². The molecular formula is C10H6ClF3N2. The van der Waals surface area contributed by atoms with Gasteiger partial charge in [-0.15, -0.1) is 0 Å². The van der Waals surface area contributed by atoms with Crippen LogP contribution in [0.2, 0.25) is 5.02 Å². The van der Waals surface area contributed by atoms with Gasteiger partial charge in [-0.05, 0) is 12.1 Å². The number of nitrogens with two attached hydrogens (primary N) is 1. The summed E-state index contributed by atoms with van der Waals surface area (Å²) in [7, 11) is 0. The standard InChI is InChI=1S/C10H6ClF3N2/c11-6-4-8(10(12,13)14)16-9-5(6)2-1-3-7(9)15/h1-4H,15H2. The lowest BCUT2D eigenvalue weighted by Gasteiger charge is -2.09. The second-order valence-electron chi connectivity index (χ2n) is 3.23. The van der Waals surface area contributed by atoms with E-state index >= 15 is 0 Å². The molecule has 0 spiro atoms. The number of rotatable bonds is 0. The minimum atomic E-state index is -4.53. The normalized spacial score (nSPS) is 12.0. The molecule has 0 bridgehead atoms. The Bertz CT molecular complexity index is 551. The first-order chi connectivity index (χ1) is 7.39. The number of benzene rings is 1. The van der Waals surface area contributed by atoms with Crippen LogP contribution in [0, 0.1) is 0 Å². The fourth-order valence-electron chi connectivity index (χ4n) is 1.37. The second-order valence-corrected chi connectivity index (χ2v) is 3.64. The smallest absolute Gasteiger partial charge is 0.397 e. The van der Waals surface area contributed by atoms with Crippen molar-refractivity contribution in [3.05, 3.63) is 35.0 Å². The van der Waals surface area contributed by atoms with Crippen LogP contribution < -0.4 is 5.73 Å². The maximum atomic E-state index is 12.5. The zero-order valence-electron chi connectivity index (χ0n) is 7.85. The molecule has 2 nitrogen and oxygen atoms in total. The van der Waals surface area contributed by atoms with Crippen LogP contribution in [0.15, 0.2) is 24.3 Å². The summed E-state index contributed by atoms with van der Waals surface area (Å²) in [6.07, 6.45) is -4.53. The number of hydrogen-bond donors (Lipinski definition) is 1. The highest BCUT2D eigenvalue weighted by Gasteiger charge is 2.33. The highest BCUT2D eigenvalue weighted by molar-refractivity contribution is 6.35. The van der Waals surface area contributed by atoms with E-state index < -0.39 is 11.9 Å². The first kappa shape index (κ1) is 11.0. The van der Waals surface area contributed by atoms with E-state index in [0.29, 0.717) is 5.39 Å². The molecule has 2 rings (SSSR count). The van der Waals surface area contributed by atoms with Gasteiger partial charge < -0.3 is 5.73 Å². The Morgan fingerprint density at radius 1 is 1.25 bits per heavy atom.